The molecule has 0 atom stereocenters. The molecule has 5 rings (SSSR count). The number of rotatable bonds is 5. The minimum atomic E-state index is 0.648. The van der Waals surface area contributed by atoms with Gasteiger partial charge in [0.25, 0.3) is 0 Å². The lowest BCUT2D eigenvalue weighted by Gasteiger charge is -2.10. The third-order valence-corrected chi connectivity index (χ3v) is 5.10. The molecule has 0 amide bonds. The maximum Gasteiger partial charge on any atom is 0.168 e. The zero-order valence-corrected chi connectivity index (χ0v) is 17.4. The van der Waals surface area contributed by atoms with Gasteiger partial charge in [-0.15, -0.1) is 0 Å². The zero-order chi connectivity index (χ0) is 21.2. The lowest BCUT2D eigenvalue weighted by molar-refractivity contribution is 0.483. The summed E-state index contributed by atoms with van der Waals surface area (Å²) in [5.74, 6) is 2.23. The predicted octanol–water partition coefficient (Wildman–Crippen LogP) is 6.31. The summed E-state index contributed by atoms with van der Waals surface area (Å²) in [7, 11) is 0. The van der Waals surface area contributed by atoms with E-state index in [-0.39, 0.29) is 0 Å². The first-order chi connectivity index (χ1) is 15.2. The molecule has 0 saturated heterocycles. The van der Waals surface area contributed by atoms with Crippen LogP contribution in [0.3, 0.4) is 0 Å². The van der Waals surface area contributed by atoms with Crippen LogP contribution in [0.1, 0.15) is 5.56 Å². The van der Waals surface area contributed by atoms with E-state index in [0.717, 1.165) is 33.8 Å². The Labute approximate surface area is 184 Å². The van der Waals surface area contributed by atoms with E-state index in [9.17, 15) is 0 Å². The summed E-state index contributed by atoms with van der Waals surface area (Å²) >= 11 is 6.19. The molecule has 0 saturated carbocycles. The van der Waals surface area contributed by atoms with Crippen LogP contribution in [-0.4, -0.2) is 19.7 Å². The molecule has 0 unspecified atom stereocenters. The summed E-state index contributed by atoms with van der Waals surface area (Å²) in [6, 6.07) is 23.1. The van der Waals surface area contributed by atoms with Crippen LogP contribution >= 0.6 is 11.6 Å². The summed E-state index contributed by atoms with van der Waals surface area (Å²) in [4.78, 5) is 8.84. The summed E-state index contributed by atoms with van der Waals surface area (Å²) in [6.07, 6.45) is 3.28. The Bertz CT molecular complexity index is 1350. The van der Waals surface area contributed by atoms with E-state index >= 15 is 0 Å². The summed E-state index contributed by atoms with van der Waals surface area (Å²) in [5, 5.41) is 9.33. The fourth-order valence-corrected chi connectivity index (χ4v) is 3.46. The highest BCUT2D eigenvalue weighted by Crippen LogP contribution is 2.28. The molecule has 0 spiro atoms. The van der Waals surface area contributed by atoms with Crippen LogP contribution in [-0.2, 0) is 0 Å². The summed E-state index contributed by atoms with van der Waals surface area (Å²) < 4.78 is 7.63. The molecule has 6 nitrogen and oxygen atoms in total. The van der Waals surface area contributed by atoms with Crippen LogP contribution < -0.4 is 10.1 Å². The molecule has 1 N–H and O–H groups in total. The van der Waals surface area contributed by atoms with E-state index < -0.39 is 0 Å². The van der Waals surface area contributed by atoms with Gasteiger partial charge in [-0.3, -0.25) is 0 Å². The maximum absolute atomic E-state index is 6.19. The van der Waals surface area contributed by atoms with E-state index in [1.54, 1.807) is 10.9 Å². The Kier molecular flexibility index (Phi) is 4.98. The second-order valence-electron chi connectivity index (χ2n) is 7.01. The molecule has 5 aromatic rings. The Morgan fingerprint density at radius 2 is 1.68 bits per heavy atom. The summed E-state index contributed by atoms with van der Waals surface area (Å²) in [6.45, 7) is 2.01. The smallest absolute Gasteiger partial charge is 0.168 e. The SMILES string of the molecule is Cc1ccc(Cl)cc1-n1ncc2c(Nc3ccc(Oc4ccccc4)cc3)ncnc21. The second kappa shape index (κ2) is 8.08. The van der Waals surface area contributed by atoms with Crippen molar-refractivity contribution in [3.05, 3.63) is 95.9 Å². The molecule has 0 aliphatic heterocycles. The van der Waals surface area contributed by atoms with Crippen LogP contribution in [0, 0.1) is 6.92 Å². The average Bonchev–Trinajstić information content (AvgIpc) is 3.22. The van der Waals surface area contributed by atoms with Gasteiger partial charge < -0.3 is 10.1 Å². The Balaban J connectivity index is 1.42. The lowest BCUT2D eigenvalue weighted by Crippen LogP contribution is -2.01. The Morgan fingerprint density at radius 3 is 2.48 bits per heavy atom. The predicted molar refractivity (Wildman–Crippen MR) is 123 cm³/mol. The van der Waals surface area contributed by atoms with E-state index in [1.165, 1.54) is 6.33 Å². The number of anilines is 2. The third kappa shape index (κ3) is 3.93. The average molecular weight is 428 g/mol. The van der Waals surface area contributed by atoms with Crippen molar-refractivity contribution in [2.24, 2.45) is 0 Å². The number of nitrogens with zero attached hydrogens (tertiary/aromatic N) is 4. The van der Waals surface area contributed by atoms with E-state index in [4.69, 9.17) is 16.3 Å². The lowest BCUT2D eigenvalue weighted by atomic mass is 10.2. The fourth-order valence-electron chi connectivity index (χ4n) is 3.30. The van der Waals surface area contributed by atoms with E-state index in [0.29, 0.717) is 16.5 Å². The molecule has 2 aromatic heterocycles. The molecular formula is C24H18ClN5O. The highest BCUT2D eigenvalue weighted by atomic mass is 35.5. The Morgan fingerprint density at radius 1 is 0.903 bits per heavy atom. The molecule has 3 aromatic carbocycles. The van der Waals surface area contributed by atoms with Crippen molar-refractivity contribution in [1.82, 2.24) is 19.7 Å². The molecule has 0 fully saturated rings. The number of benzene rings is 3. The number of halogens is 1. The number of fused-ring (bicyclic) bond motifs is 1. The van der Waals surface area contributed by atoms with Crippen LogP contribution in [0.15, 0.2) is 85.3 Å². The van der Waals surface area contributed by atoms with Crippen molar-refractivity contribution in [2.45, 2.75) is 6.92 Å². The van der Waals surface area contributed by atoms with Crippen LogP contribution in [0.5, 0.6) is 11.5 Å². The van der Waals surface area contributed by atoms with Gasteiger partial charge in [-0.25, -0.2) is 14.6 Å². The fraction of sp³-hybridized carbons (Fsp3) is 0.0417. The zero-order valence-electron chi connectivity index (χ0n) is 16.7. The van der Waals surface area contributed by atoms with Crippen LogP contribution in [0.4, 0.5) is 11.5 Å². The van der Waals surface area contributed by atoms with Crippen molar-refractivity contribution in [1.29, 1.82) is 0 Å². The monoisotopic (exact) mass is 427 g/mol. The van der Waals surface area contributed by atoms with Crippen molar-refractivity contribution in [3.63, 3.8) is 0 Å². The van der Waals surface area contributed by atoms with Crippen molar-refractivity contribution in [3.8, 4) is 17.2 Å². The van der Waals surface area contributed by atoms with Crippen LogP contribution in [0.2, 0.25) is 5.02 Å². The van der Waals surface area contributed by atoms with Crippen molar-refractivity contribution < 1.29 is 4.74 Å². The molecule has 0 bridgehead atoms. The van der Waals surface area contributed by atoms with Gasteiger partial charge in [-0.1, -0.05) is 35.9 Å². The molecular weight excluding hydrogens is 410 g/mol. The Hall–Kier alpha value is -3.90. The van der Waals surface area contributed by atoms with Crippen molar-refractivity contribution in [2.75, 3.05) is 5.32 Å². The number of hydrogen-bond donors (Lipinski definition) is 1. The minimum Gasteiger partial charge on any atom is -0.457 e. The number of aromatic nitrogens is 4. The number of hydrogen-bond acceptors (Lipinski definition) is 5. The topological polar surface area (TPSA) is 64.9 Å². The summed E-state index contributed by atoms with van der Waals surface area (Å²) in [5.41, 5.74) is 3.52. The van der Waals surface area contributed by atoms with Gasteiger partial charge >= 0.3 is 0 Å². The van der Waals surface area contributed by atoms with Gasteiger partial charge in [0.15, 0.2) is 5.65 Å². The highest BCUT2D eigenvalue weighted by molar-refractivity contribution is 6.30. The first kappa shape index (κ1) is 19.1. The molecule has 31 heavy (non-hydrogen) atoms. The first-order valence-electron chi connectivity index (χ1n) is 9.73. The molecule has 7 heteroatoms. The van der Waals surface area contributed by atoms with E-state index in [2.05, 4.69) is 20.4 Å². The number of para-hydroxylation sites is 1. The van der Waals surface area contributed by atoms with Crippen LogP contribution in [0.25, 0.3) is 16.7 Å². The van der Waals surface area contributed by atoms with E-state index in [1.807, 2.05) is 79.7 Å². The van der Waals surface area contributed by atoms with Crippen molar-refractivity contribution >= 4 is 34.1 Å². The normalized spacial score (nSPS) is 10.9. The minimum absolute atomic E-state index is 0.648. The second-order valence-corrected chi connectivity index (χ2v) is 7.45. The van der Waals surface area contributed by atoms with Gasteiger partial charge in [-0.05, 0) is 61.0 Å². The standard InChI is InChI=1S/C24H18ClN5O/c1-16-7-8-17(25)13-22(16)30-24-21(14-28-30)23(26-15-27-24)29-18-9-11-20(12-10-18)31-19-5-3-2-4-6-19/h2-15H,1H3,(H,26,27,29). The number of aryl methyl sites for hydroxylation is 1. The maximum atomic E-state index is 6.19. The van der Waals surface area contributed by atoms with Gasteiger partial charge in [0.05, 0.1) is 17.3 Å². The van der Waals surface area contributed by atoms with Gasteiger partial charge in [0.2, 0.25) is 0 Å². The number of ether oxygens (including phenoxy) is 1. The largest absolute Gasteiger partial charge is 0.457 e. The molecule has 0 aliphatic carbocycles. The highest BCUT2D eigenvalue weighted by Gasteiger charge is 2.13. The quantitative estimate of drug-likeness (QED) is 0.356. The molecule has 0 aliphatic rings. The van der Waals surface area contributed by atoms with Gasteiger partial charge in [-0.2, -0.15) is 5.10 Å². The molecule has 152 valence electrons. The first-order valence-corrected chi connectivity index (χ1v) is 10.1. The molecule has 2 heterocycles. The molecule has 0 radical (unpaired) electrons. The number of nitrogens with one attached hydrogen (secondary N) is 1. The third-order valence-electron chi connectivity index (χ3n) is 4.86. The van der Waals surface area contributed by atoms with Gasteiger partial charge in [0.1, 0.15) is 23.6 Å². The van der Waals surface area contributed by atoms with Gasteiger partial charge in [0, 0.05) is 10.7 Å².